The Labute approximate surface area is 133 Å². The van der Waals surface area contributed by atoms with Crippen LogP contribution in [0.25, 0.3) is 0 Å². The predicted molar refractivity (Wildman–Crippen MR) is 83.8 cm³/mol. The molecule has 1 amide bonds. The topological polar surface area (TPSA) is 90.1 Å². The van der Waals surface area contributed by atoms with Crippen LogP contribution in [0.2, 0.25) is 0 Å². The molecule has 1 heterocycles. The standard InChI is InChI=1S/C16H18N4O3/c21-16(8-9-19-11-13(10-17-19)20(22)23)18-15-7-3-5-12-4-1-2-6-14(12)15/h1-2,4,6,10-11,15H,3,5,7-9H2,(H,18,21). The number of nitrogens with one attached hydrogen (secondary N) is 1. The molecule has 1 atom stereocenters. The van der Waals surface area contributed by atoms with Crippen LogP contribution in [0, 0.1) is 10.1 Å². The first-order valence-electron chi connectivity index (χ1n) is 7.67. The lowest BCUT2D eigenvalue weighted by atomic mass is 9.88. The number of hydrogen-bond donors (Lipinski definition) is 1. The van der Waals surface area contributed by atoms with Gasteiger partial charge < -0.3 is 5.32 Å². The highest BCUT2D eigenvalue weighted by Gasteiger charge is 2.21. The average molecular weight is 314 g/mol. The minimum absolute atomic E-state index is 0.0550. The molecule has 1 aromatic carbocycles. The molecule has 0 spiro atoms. The van der Waals surface area contributed by atoms with E-state index in [0.717, 1.165) is 19.3 Å². The van der Waals surface area contributed by atoms with Gasteiger partial charge in [-0.3, -0.25) is 19.6 Å². The zero-order chi connectivity index (χ0) is 16.2. The number of amides is 1. The van der Waals surface area contributed by atoms with E-state index in [1.54, 1.807) is 0 Å². The van der Waals surface area contributed by atoms with Crippen LogP contribution < -0.4 is 5.32 Å². The number of benzene rings is 1. The smallest absolute Gasteiger partial charge is 0.306 e. The molecule has 23 heavy (non-hydrogen) atoms. The van der Waals surface area contributed by atoms with Crippen LogP contribution in [0.3, 0.4) is 0 Å². The Morgan fingerprint density at radius 2 is 2.26 bits per heavy atom. The molecule has 1 aliphatic carbocycles. The third-order valence-corrected chi connectivity index (χ3v) is 4.10. The molecule has 120 valence electrons. The maximum Gasteiger partial charge on any atom is 0.306 e. The average Bonchev–Trinajstić information content (AvgIpc) is 3.03. The van der Waals surface area contributed by atoms with Crippen LogP contribution in [0.1, 0.15) is 36.4 Å². The number of fused-ring (bicyclic) bond motifs is 1. The quantitative estimate of drug-likeness (QED) is 0.677. The van der Waals surface area contributed by atoms with Crippen molar-refractivity contribution < 1.29 is 9.72 Å². The van der Waals surface area contributed by atoms with E-state index in [9.17, 15) is 14.9 Å². The molecular weight excluding hydrogens is 296 g/mol. The van der Waals surface area contributed by atoms with Gasteiger partial charge in [0.25, 0.3) is 0 Å². The SMILES string of the molecule is O=C(CCn1cc([N+](=O)[O-])cn1)NC1CCCc2ccccc21. The van der Waals surface area contributed by atoms with E-state index in [4.69, 9.17) is 0 Å². The van der Waals surface area contributed by atoms with Gasteiger partial charge in [-0.1, -0.05) is 24.3 Å². The fourth-order valence-electron chi connectivity index (χ4n) is 2.96. The summed E-state index contributed by atoms with van der Waals surface area (Å²) in [7, 11) is 0. The lowest BCUT2D eigenvalue weighted by molar-refractivity contribution is -0.385. The summed E-state index contributed by atoms with van der Waals surface area (Å²) >= 11 is 0. The molecule has 7 heteroatoms. The molecule has 1 N–H and O–H groups in total. The minimum Gasteiger partial charge on any atom is -0.349 e. The summed E-state index contributed by atoms with van der Waals surface area (Å²) in [4.78, 5) is 22.3. The fraction of sp³-hybridized carbons (Fsp3) is 0.375. The largest absolute Gasteiger partial charge is 0.349 e. The maximum absolute atomic E-state index is 12.1. The van der Waals surface area contributed by atoms with Crippen molar-refractivity contribution in [1.82, 2.24) is 15.1 Å². The van der Waals surface area contributed by atoms with Crippen LogP contribution in [0.4, 0.5) is 5.69 Å². The van der Waals surface area contributed by atoms with Gasteiger partial charge >= 0.3 is 5.69 Å². The number of nitrogens with zero attached hydrogens (tertiary/aromatic N) is 3. The number of carbonyl (C=O) groups excluding carboxylic acids is 1. The van der Waals surface area contributed by atoms with Crippen molar-refractivity contribution in [2.75, 3.05) is 0 Å². The van der Waals surface area contributed by atoms with Crippen LogP contribution in [0.5, 0.6) is 0 Å². The van der Waals surface area contributed by atoms with Gasteiger partial charge in [-0.25, -0.2) is 0 Å². The van der Waals surface area contributed by atoms with Gasteiger partial charge in [0.1, 0.15) is 12.4 Å². The van der Waals surface area contributed by atoms with Gasteiger partial charge in [0.15, 0.2) is 0 Å². The van der Waals surface area contributed by atoms with E-state index in [2.05, 4.69) is 22.5 Å². The zero-order valence-electron chi connectivity index (χ0n) is 12.6. The normalized spacial score (nSPS) is 16.6. The molecule has 3 rings (SSSR count). The van der Waals surface area contributed by atoms with Crippen molar-refractivity contribution >= 4 is 11.6 Å². The van der Waals surface area contributed by atoms with E-state index in [1.807, 2.05) is 12.1 Å². The maximum atomic E-state index is 12.1. The highest BCUT2D eigenvalue weighted by Crippen LogP contribution is 2.29. The second-order valence-corrected chi connectivity index (χ2v) is 5.68. The molecule has 1 aromatic heterocycles. The summed E-state index contributed by atoms with van der Waals surface area (Å²) in [5, 5.41) is 17.6. The second kappa shape index (κ2) is 6.60. The monoisotopic (exact) mass is 314 g/mol. The number of nitro groups is 1. The molecule has 0 saturated heterocycles. The summed E-state index contributed by atoms with van der Waals surface area (Å²) in [5.74, 6) is -0.0649. The molecule has 0 radical (unpaired) electrons. The van der Waals surface area contributed by atoms with Crippen molar-refractivity contribution in [3.05, 3.63) is 57.9 Å². The van der Waals surface area contributed by atoms with E-state index in [-0.39, 0.29) is 24.1 Å². The van der Waals surface area contributed by atoms with Gasteiger partial charge in [-0.05, 0) is 30.4 Å². The Morgan fingerprint density at radius 1 is 1.43 bits per heavy atom. The van der Waals surface area contributed by atoms with Crippen LogP contribution in [-0.4, -0.2) is 20.6 Å². The Bertz CT molecular complexity index is 726. The third-order valence-electron chi connectivity index (χ3n) is 4.10. The van der Waals surface area contributed by atoms with E-state index in [1.165, 1.54) is 28.2 Å². The zero-order valence-corrected chi connectivity index (χ0v) is 12.6. The summed E-state index contributed by atoms with van der Waals surface area (Å²) in [5.41, 5.74) is 2.43. The Morgan fingerprint density at radius 3 is 3.04 bits per heavy atom. The summed E-state index contributed by atoms with van der Waals surface area (Å²) in [6.45, 7) is 0.327. The number of carbonyl (C=O) groups is 1. The summed E-state index contributed by atoms with van der Waals surface area (Å²) < 4.78 is 1.42. The van der Waals surface area contributed by atoms with E-state index in [0.29, 0.717) is 6.54 Å². The Balaban J connectivity index is 1.56. The van der Waals surface area contributed by atoms with Gasteiger partial charge in [-0.2, -0.15) is 5.10 Å². The van der Waals surface area contributed by atoms with Crippen LogP contribution >= 0.6 is 0 Å². The highest BCUT2D eigenvalue weighted by molar-refractivity contribution is 5.76. The van der Waals surface area contributed by atoms with Crippen molar-refractivity contribution in [1.29, 1.82) is 0 Å². The first kappa shape index (κ1) is 15.2. The lowest BCUT2D eigenvalue weighted by Crippen LogP contribution is -2.31. The van der Waals surface area contributed by atoms with Gasteiger partial charge in [0, 0.05) is 13.0 Å². The van der Waals surface area contributed by atoms with Crippen LogP contribution in [-0.2, 0) is 17.8 Å². The number of aromatic nitrogens is 2. The molecule has 1 unspecified atom stereocenters. The summed E-state index contributed by atoms with van der Waals surface area (Å²) in [6.07, 6.45) is 5.83. The highest BCUT2D eigenvalue weighted by atomic mass is 16.6. The summed E-state index contributed by atoms with van der Waals surface area (Å²) in [6, 6.07) is 8.24. The predicted octanol–water partition coefficient (Wildman–Crippen LogP) is 2.38. The second-order valence-electron chi connectivity index (χ2n) is 5.68. The van der Waals surface area contributed by atoms with Crippen LogP contribution in [0.15, 0.2) is 36.7 Å². The Hall–Kier alpha value is -2.70. The number of hydrogen-bond acceptors (Lipinski definition) is 4. The molecule has 0 saturated carbocycles. The third kappa shape index (κ3) is 3.56. The Kier molecular flexibility index (Phi) is 4.36. The molecule has 0 bridgehead atoms. The van der Waals surface area contributed by atoms with Crippen molar-refractivity contribution in [3.8, 4) is 0 Å². The van der Waals surface area contributed by atoms with Gasteiger partial charge in [0.05, 0.1) is 11.0 Å². The molecule has 7 nitrogen and oxygen atoms in total. The van der Waals surface area contributed by atoms with Crippen molar-refractivity contribution in [3.63, 3.8) is 0 Å². The molecule has 1 aliphatic rings. The van der Waals surface area contributed by atoms with Gasteiger partial charge in [0.2, 0.25) is 5.91 Å². The fourth-order valence-corrected chi connectivity index (χ4v) is 2.96. The van der Waals surface area contributed by atoms with Crippen molar-refractivity contribution in [2.24, 2.45) is 0 Å². The lowest BCUT2D eigenvalue weighted by Gasteiger charge is -2.26. The van der Waals surface area contributed by atoms with E-state index >= 15 is 0 Å². The number of aryl methyl sites for hydroxylation is 2. The van der Waals surface area contributed by atoms with E-state index < -0.39 is 4.92 Å². The molecule has 2 aromatic rings. The molecule has 0 aliphatic heterocycles. The first-order chi connectivity index (χ1) is 11.1. The van der Waals surface area contributed by atoms with Gasteiger partial charge in [-0.15, -0.1) is 0 Å². The molecule has 0 fully saturated rings. The van der Waals surface area contributed by atoms with Crippen molar-refractivity contribution in [2.45, 2.75) is 38.3 Å². The first-order valence-corrected chi connectivity index (χ1v) is 7.67. The molecular formula is C16H18N4O3. The minimum atomic E-state index is -0.497. The number of rotatable bonds is 5.